The number of para-hydroxylation sites is 1. The van der Waals surface area contributed by atoms with Crippen molar-refractivity contribution in [1.82, 2.24) is 19.8 Å². The fourth-order valence-electron chi connectivity index (χ4n) is 4.96. The summed E-state index contributed by atoms with van der Waals surface area (Å²) in [5.74, 6) is 1.73. The molecule has 1 aromatic heterocycles. The van der Waals surface area contributed by atoms with Gasteiger partial charge < -0.3 is 14.5 Å². The van der Waals surface area contributed by atoms with E-state index in [0.29, 0.717) is 26.1 Å². The fourth-order valence-corrected chi connectivity index (χ4v) is 4.96. The Kier molecular flexibility index (Phi) is 7.75. The third-order valence-corrected chi connectivity index (χ3v) is 6.67. The molecule has 33 heavy (non-hydrogen) atoms. The summed E-state index contributed by atoms with van der Waals surface area (Å²) in [5, 5.41) is 1.04. The number of benzene rings is 1. The van der Waals surface area contributed by atoms with Crippen LogP contribution < -0.4 is 4.90 Å². The number of likely N-dealkylation sites (tertiary alicyclic amines) is 1. The second kappa shape index (κ2) is 10.9. The van der Waals surface area contributed by atoms with Crippen molar-refractivity contribution in [2.75, 3.05) is 44.2 Å². The molecule has 2 aliphatic heterocycles. The van der Waals surface area contributed by atoms with Gasteiger partial charge in [-0.15, -0.1) is 0 Å². The third-order valence-electron chi connectivity index (χ3n) is 6.67. The van der Waals surface area contributed by atoms with Crippen LogP contribution >= 0.6 is 0 Å². The van der Waals surface area contributed by atoms with Crippen LogP contribution in [0.5, 0.6) is 0 Å². The van der Waals surface area contributed by atoms with Gasteiger partial charge >= 0.3 is 5.97 Å². The Morgan fingerprint density at radius 2 is 1.88 bits per heavy atom. The maximum atomic E-state index is 12.1. The number of esters is 1. The van der Waals surface area contributed by atoms with Gasteiger partial charge in [0.2, 0.25) is 5.91 Å². The number of anilines is 1. The smallest absolute Gasteiger partial charge is 0.307 e. The Labute approximate surface area is 195 Å². The van der Waals surface area contributed by atoms with E-state index < -0.39 is 0 Å². The lowest BCUT2D eigenvalue weighted by Gasteiger charge is -2.35. The number of carbonyl (C=O) groups excluding carboxylic acids is 2. The van der Waals surface area contributed by atoms with Crippen molar-refractivity contribution >= 4 is 28.6 Å². The zero-order chi connectivity index (χ0) is 23.2. The minimum absolute atomic E-state index is 0.128. The van der Waals surface area contributed by atoms with E-state index in [1.165, 1.54) is 0 Å². The van der Waals surface area contributed by atoms with E-state index in [2.05, 4.69) is 15.9 Å². The highest BCUT2D eigenvalue weighted by molar-refractivity contribution is 5.89. The first kappa shape index (κ1) is 23.4. The molecule has 8 nitrogen and oxygen atoms in total. The summed E-state index contributed by atoms with van der Waals surface area (Å²) in [4.78, 5) is 40.5. The fraction of sp³-hybridized carbons (Fsp3) is 0.600. The quantitative estimate of drug-likeness (QED) is 0.622. The van der Waals surface area contributed by atoms with E-state index in [1.54, 1.807) is 6.92 Å². The molecule has 8 heteroatoms. The van der Waals surface area contributed by atoms with Gasteiger partial charge in [-0.2, -0.15) is 0 Å². The van der Waals surface area contributed by atoms with Crippen LogP contribution in [-0.2, 0) is 20.9 Å². The molecule has 0 unspecified atom stereocenters. The maximum absolute atomic E-state index is 12.1. The topological polar surface area (TPSA) is 78.9 Å². The van der Waals surface area contributed by atoms with Crippen LogP contribution in [0.15, 0.2) is 24.3 Å². The zero-order valence-corrected chi connectivity index (χ0v) is 19.8. The van der Waals surface area contributed by atoms with Gasteiger partial charge in [0.1, 0.15) is 11.6 Å². The van der Waals surface area contributed by atoms with Crippen molar-refractivity contribution in [1.29, 1.82) is 0 Å². The summed E-state index contributed by atoms with van der Waals surface area (Å²) in [7, 11) is 0. The van der Waals surface area contributed by atoms with Crippen molar-refractivity contribution in [3.05, 3.63) is 30.1 Å². The predicted molar refractivity (Wildman–Crippen MR) is 128 cm³/mol. The van der Waals surface area contributed by atoms with Crippen molar-refractivity contribution in [3.8, 4) is 0 Å². The monoisotopic (exact) mass is 453 g/mol. The van der Waals surface area contributed by atoms with Crippen LogP contribution in [0.1, 0.15) is 51.8 Å². The number of hydrogen-bond donors (Lipinski definition) is 0. The Morgan fingerprint density at radius 3 is 2.70 bits per heavy atom. The van der Waals surface area contributed by atoms with Gasteiger partial charge in [-0.3, -0.25) is 14.5 Å². The molecule has 0 aliphatic carbocycles. The number of rotatable bonds is 6. The number of hydrogen-bond acceptors (Lipinski definition) is 7. The third kappa shape index (κ3) is 5.79. The molecule has 2 saturated heterocycles. The maximum Gasteiger partial charge on any atom is 0.307 e. The number of nitrogens with zero attached hydrogens (tertiary/aromatic N) is 5. The molecule has 0 spiro atoms. The molecule has 0 bridgehead atoms. The molecule has 1 atom stereocenters. The van der Waals surface area contributed by atoms with Crippen LogP contribution in [0.2, 0.25) is 0 Å². The van der Waals surface area contributed by atoms with Crippen LogP contribution in [0.4, 0.5) is 5.82 Å². The van der Waals surface area contributed by atoms with Crippen molar-refractivity contribution in [2.24, 2.45) is 0 Å². The number of amides is 1. The highest BCUT2D eigenvalue weighted by Crippen LogP contribution is 2.27. The molecule has 0 N–H and O–H groups in total. The van der Waals surface area contributed by atoms with Crippen LogP contribution in [-0.4, -0.2) is 77.0 Å². The summed E-state index contributed by atoms with van der Waals surface area (Å²) in [6.07, 6.45) is 4.58. The average molecular weight is 454 g/mol. The van der Waals surface area contributed by atoms with E-state index in [4.69, 9.17) is 14.7 Å². The summed E-state index contributed by atoms with van der Waals surface area (Å²) in [6.45, 7) is 8.57. The van der Waals surface area contributed by atoms with E-state index >= 15 is 0 Å². The van der Waals surface area contributed by atoms with E-state index in [9.17, 15) is 9.59 Å². The van der Waals surface area contributed by atoms with Gasteiger partial charge in [0.05, 0.1) is 25.1 Å². The van der Waals surface area contributed by atoms with Crippen LogP contribution in [0.3, 0.4) is 0 Å². The van der Waals surface area contributed by atoms with Crippen LogP contribution in [0, 0.1) is 0 Å². The first-order chi connectivity index (χ1) is 16.0. The van der Waals surface area contributed by atoms with E-state index in [-0.39, 0.29) is 17.9 Å². The van der Waals surface area contributed by atoms with Crippen molar-refractivity contribution < 1.29 is 14.3 Å². The van der Waals surface area contributed by atoms with Crippen molar-refractivity contribution in [2.45, 2.75) is 58.5 Å². The molecule has 2 fully saturated rings. The second-order valence-electron chi connectivity index (χ2n) is 8.96. The molecule has 1 amide bonds. The van der Waals surface area contributed by atoms with Crippen LogP contribution in [0.25, 0.3) is 10.9 Å². The molecule has 3 heterocycles. The number of ether oxygens (including phenoxy) is 1. The standard InChI is InChI=1S/C25H35N5O3/c1-3-33-24(32)17-20-9-6-7-12-30(20)18-23-26-22-11-5-4-10-21(22)25(27-23)29-14-8-13-28(15-16-29)19(2)31/h4-5,10-11,20H,3,6-9,12-18H2,1-2H3/t20-/m0/s1. The number of carbonyl (C=O) groups is 2. The molecular weight excluding hydrogens is 418 g/mol. The Balaban J connectivity index is 1.58. The highest BCUT2D eigenvalue weighted by atomic mass is 16.5. The number of piperidine rings is 1. The molecule has 2 aliphatic rings. The summed E-state index contributed by atoms with van der Waals surface area (Å²) < 4.78 is 5.21. The lowest BCUT2D eigenvalue weighted by molar-refractivity contribution is -0.145. The molecule has 1 aromatic carbocycles. The Hall–Kier alpha value is -2.74. The summed E-state index contributed by atoms with van der Waals surface area (Å²) in [6, 6.07) is 8.31. The predicted octanol–water partition coefficient (Wildman–Crippen LogP) is 3.00. The highest BCUT2D eigenvalue weighted by Gasteiger charge is 2.27. The van der Waals surface area contributed by atoms with Crippen molar-refractivity contribution in [3.63, 3.8) is 0 Å². The summed E-state index contributed by atoms with van der Waals surface area (Å²) in [5.41, 5.74) is 0.934. The van der Waals surface area contributed by atoms with E-state index in [0.717, 1.165) is 74.4 Å². The SMILES string of the molecule is CCOC(=O)C[C@@H]1CCCCN1Cc1nc(N2CCCN(C(C)=O)CC2)c2ccccc2n1. The van der Waals surface area contributed by atoms with Gasteiger partial charge in [-0.1, -0.05) is 18.6 Å². The molecule has 0 radical (unpaired) electrons. The number of fused-ring (bicyclic) bond motifs is 1. The molecule has 0 saturated carbocycles. The Bertz CT molecular complexity index is 982. The first-order valence-corrected chi connectivity index (χ1v) is 12.2. The molecule has 2 aromatic rings. The van der Waals surface area contributed by atoms with Gasteiger partial charge in [0, 0.05) is 44.5 Å². The number of aromatic nitrogens is 2. The van der Waals surface area contributed by atoms with Gasteiger partial charge in [0.25, 0.3) is 0 Å². The van der Waals surface area contributed by atoms with Gasteiger partial charge in [0.15, 0.2) is 0 Å². The minimum Gasteiger partial charge on any atom is -0.466 e. The minimum atomic E-state index is -0.130. The molecular formula is C25H35N5O3. The molecule has 4 rings (SSSR count). The molecule has 178 valence electrons. The Morgan fingerprint density at radius 1 is 1.03 bits per heavy atom. The lowest BCUT2D eigenvalue weighted by atomic mass is 9.99. The zero-order valence-electron chi connectivity index (χ0n) is 19.8. The lowest BCUT2D eigenvalue weighted by Crippen LogP contribution is -2.41. The summed E-state index contributed by atoms with van der Waals surface area (Å²) >= 11 is 0. The normalized spacial score (nSPS) is 20.0. The van der Waals surface area contributed by atoms with Gasteiger partial charge in [-0.05, 0) is 44.9 Å². The van der Waals surface area contributed by atoms with E-state index in [1.807, 2.05) is 30.0 Å². The second-order valence-corrected chi connectivity index (χ2v) is 8.96. The first-order valence-electron chi connectivity index (χ1n) is 12.2. The van der Waals surface area contributed by atoms with Gasteiger partial charge in [-0.25, -0.2) is 9.97 Å². The average Bonchev–Trinajstić information content (AvgIpc) is 3.06. The largest absolute Gasteiger partial charge is 0.466 e.